The lowest BCUT2D eigenvalue weighted by atomic mass is 10.00. The standard InChI is InChI=1S/C16H27NO/c1-6-13(4)15(17-7-2)11-18-16-9-8-12(3)10-14(16)5/h8-10,13,15,17H,6-7,11H2,1-5H3. The summed E-state index contributed by atoms with van der Waals surface area (Å²) in [4.78, 5) is 0. The molecule has 0 saturated carbocycles. The Labute approximate surface area is 112 Å². The molecule has 0 aliphatic carbocycles. The van der Waals surface area contributed by atoms with Crippen molar-refractivity contribution in [3.05, 3.63) is 29.3 Å². The quantitative estimate of drug-likeness (QED) is 0.795. The lowest BCUT2D eigenvalue weighted by molar-refractivity contribution is 0.221. The van der Waals surface area contributed by atoms with Crippen molar-refractivity contribution in [1.29, 1.82) is 0 Å². The summed E-state index contributed by atoms with van der Waals surface area (Å²) in [6, 6.07) is 6.78. The maximum Gasteiger partial charge on any atom is 0.122 e. The molecule has 1 N–H and O–H groups in total. The fourth-order valence-corrected chi connectivity index (χ4v) is 2.11. The van der Waals surface area contributed by atoms with Gasteiger partial charge in [0.15, 0.2) is 0 Å². The highest BCUT2D eigenvalue weighted by molar-refractivity contribution is 5.35. The van der Waals surface area contributed by atoms with Crippen LogP contribution in [0.15, 0.2) is 18.2 Å². The molecule has 2 heteroatoms. The van der Waals surface area contributed by atoms with Crippen LogP contribution in [-0.2, 0) is 0 Å². The Kier molecular flexibility index (Phi) is 6.20. The van der Waals surface area contributed by atoms with E-state index >= 15 is 0 Å². The minimum Gasteiger partial charge on any atom is -0.492 e. The van der Waals surface area contributed by atoms with Gasteiger partial charge >= 0.3 is 0 Å². The first-order valence-corrected chi connectivity index (χ1v) is 7.01. The monoisotopic (exact) mass is 249 g/mol. The summed E-state index contributed by atoms with van der Waals surface area (Å²) in [5.41, 5.74) is 2.50. The van der Waals surface area contributed by atoms with Crippen LogP contribution in [0.2, 0.25) is 0 Å². The number of rotatable bonds is 7. The van der Waals surface area contributed by atoms with Crippen LogP contribution in [0.4, 0.5) is 0 Å². The highest BCUT2D eigenvalue weighted by Gasteiger charge is 2.15. The summed E-state index contributed by atoms with van der Waals surface area (Å²) < 4.78 is 5.97. The van der Waals surface area contributed by atoms with Gasteiger partial charge in [-0.2, -0.15) is 0 Å². The fraction of sp³-hybridized carbons (Fsp3) is 0.625. The minimum absolute atomic E-state index is 0.431. The Morgan fingerprint density at radius 1 is 1.22 bits per heavy atom. The van der Waals surface area contributed by atoms with Gasteiger partial charge in [-0.15, -0.1) is 0 Å². The van der Waals surface area contributed by atoms with Crippen LogP contribution in [0.1, 0.15) is 38.3 Å². The molecule has 0 aliphatic rings. The molecular formula is C16H27NO. The number of benzene rings is 1. The van der Waals surface area contributed by atoms with Crippen molar-refractivity contribution in [3.8, 4) is 5.75 Å². The molecule has 2 atom stereocenters. The van der Waals surface area contributed by atoms with Gasteiger partial charge in [-0.05, 0) is 37.9 Å². The molecule has 1 aromatic carbocycles. The van der Waals surface area contributed by atoms with Gasteiger partial charge in [0.2, 0.25) is 0 Å². The lowest BCUT2D eigenvalue weighted by Gasteiger charge is -2.24. The van der Waals surface area contributed by atoms with Crippen molar-refractivity contribution in [3.63, 3.8) is 0 Å². The molecular weight excluding hydrogens is 222 g/mol. The third-order valence-corrected chi connectivity index (χ3v) is 3.55. The van der Waals surface area contributed by atoms with Crippen LogP contribution < -0.4 is 10.1 Å². The summed E-state index contributed by atoms with van der Waals surface area (Å²) in [6.07, 6.45) is 1.17. The third-order valence-electron chi connectivity index (χ3n) is 3.55. The van der Waals surface area contributed by atoms with E-state index in [-0.39, 0.29) is 0 Å². The molecule has 2 unspecified atom stereocenters. The number of ether oxygens (including phenoxy) is 1. The smallest absolute Gasteiger partial charge is 0.122 e. The van der Waals surface area contributed by atoms with Crippen LogP contribution in [0, 0.1) is 19.8 Å². The summed E-state index contributed by atoms with van der Waals surface area (Å²) in [7, 11) is 0. The maximum absolute atomic E-state index is 5.97. The first-order valence-electron chi connectivity index (χ1n) is 7.01. The zero-order chi connectivity index (χ0) is 13.5. The summed E-state index contributed by atoms with van der Waals surface area (Å²) in [6.45, 7) is 12.6. The second-order valence-corrected chi connectivity index (χ2v) is 5.13. The number of likely N-dealkylation sites (N-methyl/N-ethyl adjacent to an activating group) is 1. The Bertz CT molecular complexity index is 362. The molecule has 1 aromatic rings. The van der Waals surface area contributed by atoms with Gasteiger partial charge in [-0.25, -0.2) is 0 Å². The molecule has 0 saturated heterocycles. The van der Waals surface area contributed by atoms with Gasteiger partial charge in [0.1, 0.15) is 12.4 Å². The average molecular weight is 249 g/mol. The molecule has 0 amide bonds. The van der Waals surface area contributed by atoms with E-state index in [0.29, 0.717) is 12.0 Å². The van der Waals surface area contributed by atoms with E-state index in [1.165, 1.54) is 17.5 Å². The zero-order valence-corrected chi connectivity index (χ0v) is 12.4. The number of nitrogens with one attached hydrogen (secondary N) is 1. The molecule has 0 spiro atoms. The lowest BCUT2D eigenvalue weighted by Crippen LogP contribution is -2.39. The van der Waals surface area contributed by atoms with E-state index in [4.69, 9.17) is 4.74 Å². The molecule has 0 radical (unpaired) electrons. The first-order chi connectivity index (χ1) is 8.58. The summed E-state index contributed by atoms with van der Waals surface area (Å²) in [5, 5.41) is 3.51. The van der Waals surface area contributed by atoms with Crippen LogP contribution >= 0.6 is 0 Å². The fourth-order valence-electron chi connectivity index (χ4n) is 2.11. The molecule has 0 aliphatic heterocycles. The largest absolute Gasteiger partial charge is 0.492 e. The predicted octanol–water partition coefficient (Wildman–Crippen LogP) is 3.71. The summed E-state index contributed by atoms with van der Waals surface area (Å²) >= 11 is 0. The second kappa shape index (κ2) is 7.42. The van der Waals surface area contributed by atoms with Crippen molar-refractivity contribution in [2.75, 3.05) is 13.2 Å². The highest BCUT2D eigenvalue weighted by atomic mass is 16.5. The summed E-state index contributed by atoms with van der Waals surface area (Å²) in [5.74, 6) is 1.64. The van der Waals surface area contributed by atoms with Crippen molar-refractivity contribution < 1.29 is 4.74 Å². The molecule has 2 nitrogen and oxygen atoms in total. The number of hydrogen-bond acceptors (Lipinski definition) is 2. The van der Waals surface area contributed by atoms with Crippen LogP contribution in [-0.4, -0.2) is 19.2 Å². The van der Waals surface area contributed by atoms with E-state index in [1.54, 1.807) is 0 Å². The van der Waals surface area contributed by atoms with E-state index < -0.39 is 0 Å². The Balaban J connectivity index is 2.60. The maximum atomic E-state index is 5.97. The topological polar surface area (TPSA) is 21.3 Å². The predicted molar refractivity (Wildman–Crippen MR) is 78.3 cm³/mol. The molecule has 0 fully saturated rings. The normalized spacial score (nSPS) is 14.3. The first kappa shape index (κ1) is 15.0. The van der Waals surface area contributed by atoms with Gasteiger partial charge in [0.25, 0.3) is 0 Å². The van der Waals surface area contributed by atoms with Gasteiger partial charge in [-0.1, -0.05) is 44.9 Å². The number of aryl methyl sites for hydroxylation is 2. The van der Waals surface area contributed by atoms with Gasteiger partial charge in [-0.3, -0.25) is 0 Å². The third kappa shape index (κ3) is 4.34. The Morgan fingerprint density at radius 2 is 1.94 bits per heavy atom. The molecule has 102 valence electrons. The van der Waals surface area contributed by atoms with Crippen molar-refractivity contribution in [2.45, 2.75) is 47.1 Å². The van der Waals surface area contributed by atoms with Crippen molar-refractivity contribution >= 4 is 0 Å². The molecule has 1 rings (SSSR count). The second-order valence-electron chi connectivity index (χ2n) is 5.13. The molecule has 0 heterocycles. The number of hydrogen-bond donors (Lipinski definition) is 1. The Hall–Kier alpha value is -1.02. The van der Waals surface area contributed by atoms with E-state index in [9.17, 15) is 0 Å². The van der Waals surface area contributed by atoms with Crippen molar-refractivity contribution in [2.24, 2.45) is 5.92 Å². The van der Waals surface area contributed by atoms with E-state index in [2.05, 4.69) is 58.1 Å². The van der Waals surface area contributed by atoms with Gasteiger partial charge < -0.3 is 10.1 Å². The molecule has 0 aromatic heterocycles. The van der Waals surface area contributed by atoms with Crippen LogP contribution in [0.25, 0.3) is 0 Å². The van der Waals surface area contributed by atoms with Crippen LogP contribution in [0.5, 0.6) is 5.75 Å². The Morgan fingerprint density at radius 3 is 2.50 bits per heavy atom. The zero-order valence-electron chi connectivity index (χ0n) is 12.4. The van der Waals surface area contributed by atoms with Crippen LogP contribution in [0.3, 0.4) is 0 Å². The van der Waals surface area contributed by atoms with E-state index in [1.807, 2.05) is 0 Å². The van der Waals surface area contributed by atoms with Gasteiger partial charge in [0, 0.05) is 6.04 Å². The van der Waals surface area contributed by atoms with Gasteiger partial charge in [0.05, 0.1) is 0 Å². The highest BCUT2D eigenvalue weighted by Crippen LogP contribution is 2.19. The SMILES string of the molecule is CCNC(COc1ccc(C)cc1C)C(C)CC. The van der Waals surface area contributed by atoms with E-state index in [0.717, 1.165) is 18.9 Å². The molecule has 18 heavy (non-hydrogen) atoms. The molecule has 0 bridgehead atoms. The average Bonchev–Trinajstić information content (AvgIpc) is 2.35. The minimum atomic E-state index is 0.431. The van der Waals surface area contributed by atoms with Crippen molar-refractivity contribution in [1.82, 2.24) is 5.32 Å².